The van der Waals surface area contributed by atoms with Gasteiger partial charge in [0.05, 0.1) is 5.75 Å². The maximum Gasteiger partial charge on any atom is 0.0545 e. The van der Waals surface area contributed by atoms with Crippen LogP contribution in [0.5, 0.6) is 0 Å². The fourth-order valence-electron chi connectivity index (χ4n) is 2.19. The molecule has 1 rings (SSSR count). The molecule has 16 heavy (non-hydrogen) atoms. The van der Waals surface area contributed by atoms with Crippen molar-refractivity contribution in [2.24, 2.45) is 0 Å². The van der Waals surface area contributed by atoms with Crippen LogP contribution in [0.1, 0.15) is 26.7 Å². The van der Waals surface area contributed by atoms with Gasteiger partial charge < -0.3 is 5.32 Å². The van der Waals surface area contributed by atoms with Gasteiger partial charge in [0.2, 0.25) is 0 Å². The molecule has 2 atom stereocenters. The SMILES string of the molecule is C#CCSCCN1CC(CC)NCC1CC. The van der Waals surface area contributed by atoms with Crippen LogP contribution in [0.25, 0.3) is 0 Å². The molecule has 0 aromatic heterocycles. The molecule has 3 heteroatoms. The average Bonchev–Trinajstić information content (AvgIpc) is 2.34. The first kappa shape index (κ1) is 13.9. The Morgan fingerprint density at radius 2 is 2.25 bits per heavy atom. The highest BCUT2D eigenvalue weighted by molar-refractivity contribution is 7.99. The van der Waals surface area contributed by atoms with Crippen molar-refractivity contribution in [2.45, 2.75) is 38.8 Å². The molecule has 0 radical (unpaired) electrons. The first-order valence-corrected chi connectivity index (χ1v) is 7.45. The average molecular weight is 240 g/mol. The van der Waals surface area contributed by atoms with E-state index in [9.17, 15) is 0 Å². The number of nitrogens with one attached hydrogen (secondary N) is 1. The van der Waals surface area contributed by atoms with E-state index in [0.29, 0.717) is 12.1 Å². The Morgan fingerprint density at radius 1 is 1.44 bits per heavy atom. The molecule has 92 valence electrons. The predicted octanol–water partition coefficient (Wildman–Crippen LogP) is 1.82. The summed E-state index contributed by atoms with van der Waals surface area (Å²) in [7, 11) is 0. The van der Waals surface area contributed by atoms with E-state index in [1.54, 1.807) is 0 Å². The highest BCUT2D eigenvalue weighted by atomic mass is 32.2. The van der Waals surface area contributed by atoms with Crippen LogP contribution in [0.4, 0.5) is 0 Å². The van der Waals surface area contributed by atoms with Crippen molar-refractivity contribution < 1.29 is 0 Å². The van der Waals surface area contributed by atoms with Crippen molar-refractivity contribution in [1.29, 1.82) is 0 Å². The van der Waals surface area contributed by atoms with Crippen LogP contribution < -0.4 is 5.32 Å². The van der Waals surface area contributed by atoms with Crippen molar-refractivity contribution >= 4 is 11.8 Å². The molecule has 2 unspecified atom stereocenters. The quantitative estimate of drug-likeness (QED) is 0.563. The van der Waals surface area contributed by atoms with E-state index in [2.05, 4.69) is 30.0 Å². The number of rotatable bonds is 6. The van der Waals surface area contributed by atoms with Gasteiger partial charge in [-0.05, 0) is 12.8 Å². The van der Waals surface area contributed by atoms with Crippen molar-refractivity contribution in [3.05, 3.63) is 0 Å². The molecule has 0 bridgehead atoms. The largest absolute Gasteiger partial charge is 0.311 e. The topological polar surface area (TPSA) is 15.3 Å². The predicted molar refractivity (Wildman–Crippen MR) is 73.9 cm³/mol. The Labute approximate surface area is 105 Å². The summed E-state index contributed by atoms with van der Waals surface area (Å²) in [5.74, 6) is 4.69. The number of nitrogens with zero attached hydrogens (tertiary/aromatic N) is 1. The van der Waals surface area contributed by atoms with E-state index >= 15 is 0 Å². The summed E-state index contributed by atoms with van der Waals surface area (Å²) in [6.45, 7) is 8.07. The Hall–Kier alpha value is -0.170. The summed E-state index contributed by atoms with van der Waals surface area (Å²) in [5, 5.41) is 3.62. The van der Waals surface area contributed by atoms with Crippen LogP contribution in [0.3, 0.4) is 0 Å². The molecule has 0 aromatic carbocycles. The van der Waals surface area contributed by atoms with Crippen LogP contribution in [0.15, 0.2) is 0 Å². The van der Waals surface area contributed by atoms with Gasteiger partial charge in [0.1, 0.15) is 0 Å². The Kier molecular flexibility index (Phi) is 6.95. The van der Waals surface area contributed by atoms with Gasteiger partial charge in [-0.25, -0.2) is 0 Å². The van der Waals surface area contributed by atoms with Gasteiger partial charge in [-0.1, -0.05) is 19.8 Å². The molecular weight excluding hydrogens is 216 g/mol. The highest BCUT2D eigenvalue weighted by Gasteiger charge is 2.24. The molecule has 0 aliphatic carbocycles. The van der Waals surface area contributed by atoms with Crippen LogP contribution in [-0.2, 0) is 0 Å². The van der Waals surface area contributed by atoms with Gasteiger partial charge in [0.15, 0.2) is 0 Å². The molecule has 1 saturated heterocycles. The minimum absolute atomic E-state index is 0.681. The zero-order valence-electron chi connectivity index (χ0n) is 10.5. The van der Waals surface area contributed by atoms with Crippen LogP contribution in [0, 0.1) is 12.3 Å². The fraction of sp³-hybridized carbons (Fsp3) is 0.846. The Morgan fingerprint density at radius 3 is 2.88 bits per heavy atom. The van der Waals surface area contributed by atoms with Crippen LogP contribution >= 0.6 is 11.8 Å². The molecule has 2 nitrogen and oxygen atoms in total. The summed E-state index contributed by atoms with van der Waals surface area (Å²) in [6.07, 6.45) is 7.72. The van der Waals surface area contributed by atoms with E-state index in [4.69, 9.17) is 6.42 Å². The van der Waals surface area contributed by atoms with Gasteiger partial charge in [-0.3, -0.25) is 4.90 Å². The number of terminal acetylenes is 1. The molecule has 0 aromatic rings. The molecule has 1 N–H and O–H groups in total. The van der Waals surface area contributed by atoms with Crippen molar-refractivity contribution in [1.82, 2.24) is 10.2 Å². The molecule has 0 saturated carbocycles. The lowest BCUT2D eigenvalue weighted by molar-refractivity contribution is 0.133. The second-order valence-corrected chi connectivity index (χ2v) is 5.43. The lowest BCUT2D eigenvalue weighted by atomic mass is 10.1. The summed E-state index contributed by atoms with van der Waals surface area (Å²) in [4.78, 5) is 2.63. The maximum atomic E-state index is 5.25. The molecule has 0 spiro atoms. The van der Waals surface area contributed by atoms with Crippen molar-refractivity contribution in [3.63, 3.8) is 0 Å². The molecule has 1 fully saturated rings. The van der Waals surface area contributed by atoms with Crippen LogP contribution in [0.2, 0.25) is 0 Å². The molecule has 1 aliphatic heterocycles. The number of hydrogen-bond donors (Lipinski definition) is 1. The van der Waals surface area contributed by atoms with Crippen LogP contribution in [-0.4, -0.2) is 48.1 Å². The van der Waals surface area contributed by atoms with Gasteiger partial charge in [0.25, 0.3) is 0 Å². The summed E-state index contributed by atoms with van der Waals surface area (Å²) >= 11 is 1.87. The monoisotopic (exact) mass is 240 g/mol. The van der Waals surface area contributed by atoms with Crippen molar-refractivity contribution in [3.8, 4) is 12.3 Å². The molecule has 1 aliphatic rings. The zero-order chi connectivity index (χ0) is 11.8. The van der Waals surface area contributed by atoms with E-state index < -0.39 is 0 Å². The van der Waals surface area contributed by atoms with Gasteiger partial charge >= 0.3 is 0 Å². The van der Waals surface area contributed by atoms with Crippen molar-refractivity contribution in [2.75, 3.05) is 31.1 Å². The van der Waals surface area contributed by atoms with E-state index in [1.165, 1.54) is 25.9 Å². The number of thioether (sulfide) groups is 1. The third kappa shape index (κ3) is 4.37. The Balaban J connectivity index is 2.31. The lowest BCUT2D eigenvalue weighted by Gasteiger charge is -2.40. The summed E-state index contributed by atoms with van der Waals surface area (Å²) in [5.41, 5.74) is 0. The Bertz CT molecular complexity index is 224. The summed E-state index contributed by atoms with van der Waals surface area (Å²) < 4.78 is 0. The van der Waals surface area contributed by atoms with E-state index in [0.717, 1.165) is 18.1 Å². The molecule has 1 heterocycles. The lowest BCUT2D eigenvalue weighted by Crippen LogP contribution is -2.56. The number of piperazine rings is 1. The minimum atomic E-state index is 0.681. The number of hydrogen-bond acceptors (Lipinski definition) is 3. The maximum absolute atomic E-state index is 5.25. The van der Waals surface area contributed by atoms with E-state index in [-0.39, 0.29) is 0 Å². The normalized spacial score (nSPS) is 26.6. The van der Waals surface area contributed by atoms with Gasteiger partial charge in [-0.15, -0.1) is 18.2 Å². The second kappa shape index (κ2) is 8.00. The third-order valence-corrected chi connectivity index (χ3v) is 4.13. The minimum Gasteiger partial charge on any atom is -0.311 e. The molecule has 0 amide bonds. The van der Waals surface area contributed by atoms with Gasteiger partial charge in [-0.2, -0.15) is 0 Å². The smallest absolute Gasteiger partial charge is 0.0545 e. The molecular formula is C13H24N2S. The second-order valence-electron chi connectivity index (χ2n) is 4.33. The van der Waals surface area contributed by atoms with E-state index in [1.807, 2.05) is 11.8 Å². The summed E-state index contributed by atoms with van der Waals surface area (Å²) in [6, 6.07) is 1.40. The third-order valence-electron chi connectivity index (χ3n) is 3.29. The first-order valence-electron chi connectivity index (χ1n) is 6.30. The zero-order valence-corrected chi connectivity index (χ0v) is 11.4. The first-order chi connectivity index (χ1) is 7.81. The van der Waals surface area contributed by atoms with Gasteiger partial charge in [0, 0.05) is 37.5 Å². The highest BCUT2D eigenvalue weighted by Crippen LogP contribution is 2.13. The standard InChI is InChI=1S/C13H24N2S/c1-4-8-16-9-7-15-11-12(5-2)14-10-13(15)6-3/h1,12-14H,5-11H2,2-3H3. The fourth-order valence-corrected chi connectivity index (χ4v) is 2.82.